The summed E-state index contributed by atoms with van der Waals surface area (Å²) in [5.41, 5.74) is 0.438. The number of nitrogens with zero attached hydrogens (tertiary/aromatic N) is 2. The van der Waals surface area contributed by atoms with E-state index in [1.54, 1.807) is 6.92 Å². The molecule has 2 heterocycles. The van der Waals surface area contributed by atoms with Crippen molar-refractivity contribution in [1.82, 2.24) is 9.88 Å². The Bertz CT molecular complexity index is 455. The predicted octanol–water partition coefficient (Wildman–Crippen LogP) is 2.52. The highest BCUT2D eigenvalue weighted by Crippen LogP contribution is 2.23. The van der Waals surface area contributed by atoms with Gasteiger partial charge in [0.05, 0.1) is 6.61 Å². The maximum absolute atomic E-state index is 11.7. The second kappa shape index (κ2) is 7.04. The lowest BCUT2D eigenvalue weighted by molar-refractivity contribution is 0.0519. The van der Waals surface area contributed by atoms with Crippen LogP contribution in [0.2, 0.25) is 0 Å². The molecule has 1 saturated heterocycles. The van der Waals surface area contributed by atoms with Gasteiger partial charge in [-0.05, 0) is 46.7 Å². The molecule has 0 saturated carbocycles. The summed E-state index contributed by atoms with van der Waals surface area (Å²) in [4.78, 5) is 19.4. The lowest BCUT2D eigenvalue weighted by atomic mass is 10.3. The molecule has 1 aromatic rings. The van der Waals surface area contributed by atoms with Gasteiger partial charge >= 0.3 is 5.97 Å². The van der Waals surface area contributed by atoms with Crippen LogP contribution in [0.5, 0.6) is 0 Å². The molecule has 0 bridgehead atoms. The van der Waals surface area contributed by atoms with E-state index in [0.29, 0.717) is 18.3 Å². The Kier molecular flexibility index (Phi) is 5.37. The van der Waals surface area contributed by atoms with E-state index in [2.05, 4.69) is 22.1 Å². The number of carbonyl (C=O) groups is 1. The fraction of sp³-hybridized carbons (Fsp3) is 0.714. The smallest absolute Gasteiger partial charge is 0.358 e. The van der Waals surface area contributed by atoms with E-state index < -0.39 is 0 Å². The molecule has 1 aromatic heterocycles. The molecule has 0 aromatic carbocycles. The van der Waals surface area contributed by atoms with Crippen molar-refractivity contribution in [3.05, 3.63) is 10.6 Å². The zero-order valence-corrected chi connectivity index (χ0v) is 13.3. The molecule has 1 aliphatic heterocycles. The average Bonchev–Trinajstić information content (AvgIpc) is 3.05. The molecule has 1 N–H and O–H groups in total. The molecule has 0 amide bonds. The van der Waals surface area contributed by atoms with Crippen LogP contribution in [0.15, 0.2) is 0 Å². The Balaban J connectivity index is 1.89. The van der Waals surface area contributed by atoms with Crippen molar-refractivity contribution < 1.29 is 9.53 Å². The van der Waals surface area contributed by atoms with E-state index in [4.69, 9.17) is 4.74 Å². The molecule has 2 rings (SSSR count). The number of esters is 1. The number of rotatable bonds is 6. The summed E-state index contributed by atoms with van der Waals surface area (Å²) in [5, 5.41) is 4.14. The van der Waals surface area contributed by atoms with Crippen LogP contribution in [-0.2, 0) is 4.74 Å². The predicted molar refractivity (Wildman–Crippen MR) is 81.6 cm³/mol. The van der Waals surface area contributed by atoms with Crippen LogP contribution in [0, 0.1) is 6.92 Å². The summed E-state index contributed by atoms with van der Waals surface area (Å²) in [6.45, 7) is 9.54. The Morgan fingerprint density at radius 2 is 2.20 bits per heavy atom. The van der Waals surface area contributed by atoms with Gasteiger partial charge in [-0.2, -0.15) is 0 Å². The van der Waals surface area contributed by atoms with Crippen molar-refractivity contribution in [2.24, 2.45) is 0 Å². The SMILES string of the molecule is CCOC(=O)c1nc(NCC(C)N2CCCC2)sc1C. The van der Waals surface area contributed by atoms with E-state index in [0.717, 1.165) is 16.6 Å². The number of aromatic nitrogens is 1. The highest BCUT2D eigenvalue weighted by Gasteiger charge is 2.19. The van der Waals surface area contributed by atoms with E-state index in [9.17, 15) is 4.79 Å². The maximum atomic E-state index is 11.7. The van der Waals surface area contributed by atoms with Crippen molar-refractivity contribution in [3.8, 4) is 0 Å². The Morgan fingerprint density at radius 3 is 2.85 bits per heavy atom. The number of aryl methyl sites for hydroxylation is 1. The van der Waals surface area contributed by atoms with Crippen molar-refractivity contribution in [3.63, 3.8) is 0 Å². The van der Waals surface area contributed by atoms with Gasteiger partial charge in [-0.1, -0.05) is 0 Å². The van der Waals surface area contributed by atoms with Gasteiger partial charge in [-0.3, -0.25) is 4.90 Å². The van der Waals surface area contributed by atoms with E-state index in [1.807, 2.05) is 6.92 Å². The Hall–Kier alpha value is -1.14. The normalized spacial score (nSPS) is 17.1. The number of hydrogen-bond donors (Lipinski definition) is 1. The summed E-state index contributed by atoms with van der Waals surface area (Å²) in [6, 6.07) is 0.493. The van der Waals surface area contributed by atoms with Gasteiger partial charge in [0.1, 0.15) is 0 Å². The van der Waals surface area contributed by atoms with E-state index in [-0.39, 0.29) is 5.97 Å². The largest absolute Gasteiger partial charge is 0.461 e. The van der Waals surface area contributed by atoms with Gasteiger partial charge in [0, 0.05) is 17.5 Å². The number of ether oxygens (including phenoxy) is 1. The summed E-state index contributed by atoms with van der Waals surface area (Å²) in [7, 11) is 0. The van der Waals surface area contributed by atoms with Crippen molar-refractivity contribution >= 4 is 22.4 Å². The van der Waals surface area contributed by atoms with Crippen LogP contribution in [-0.4, -0.2) is 48.1 Å². The average molecular weight is 297 g/mol. The molecule has 0 aliphatic carbocycles. The van der Waals surface area contributed by atoms with Crippen LogP contribution >= 0.6 is 11.3 Å². The second-order valence-electron chi connectivity index (χ2n) is 5.12. The number of nitrogens with one attached hydrogen (secondary N) is 1. The number of anilines is 1. The molecule has 0 spiro atoms. The van der Waals surface area contributed by atoms with Crippen LogP contribution in [0.4, 0.5) is 5.13 Å². The third kappa shape index (κ3) is 3.70. The van der Waals surface area contributed by atoms with Gasteiger partial charge < -0.3 is 10.1 Å². The Morgan fingerprint density at radius 1 is 1.50 bits per heavy atom. The molecule has 112 valence electrons. The molecule has 5 nitrogen and oxygen atoms in total. The zero-order chi connectivity index (χ0) is 14.5. The first-order valence-electron chi connectivity index (χ1n) is 7.24. The first kappa shape index (κ1) is 15.3. The van der Waals surface area contributed by atoms with Crippen molar-refractivity contribution in [2.45, 2.75) is 39.7 Å². The minimum Gasteiger partial charge on any atom is -0.461 e. The van der Waals surface area contributed by atoms with Gasteiger partial charge in [0.15, 0.2) is 10.8 Å². The third-order valence-electron chi connectivity index (χ3n) is 3.58. The van der Waals surface area contributed by atoms with Crippen LogP contribution < -0.4 is 5.32 Å². The van der Waals surface area contributed by atoms with Crippen molar-refractivity contribution in [2.75, 3.05) is 31.6 Å². The number of likely N-dealkylation sites (tertiary alicyclic amines) is 1. The molecule has 1 fully saturated rings. The molecule has 6 heteroatoms. The van der Waals surface area contributed by atoms with E-state index in [1.165, 1.54) is 37.3 Å². The number of hydrogen-bond acceptors (Lipinski definition) is 6. The second-order valence-corrected chi connectivity index (χ2v) is 6.32. The van der Waals surface area contributed by atoms with Crippen LogP contribution in [0.25, 0.3) is 0 Å². The molecular weight excluding hydrogens is 274 g/mol. The lowest BCUT2D eigenvalue weighted by Crippen LogP contribution is -2.35. The third-order valence-corrected chi connectivity index (χ3v) is 4.51. The van der Waals surface area contributed by atoms with Crippen molar-refractivity contribution in [1.29, 1.82) is 0 Å². The summed E-state index contributed by atoms with van der Waals surface area (Å²) < 4.78 is 5.00. The first-order valence-corrected chi connectivity index (χ1v) is 8.06. The molecule has 1 atom stereocenters. The Labute approximate surface area is 124 Å². The fourth-order valence-corrected chi connectivity index (χ4v) is 3.22. The molecule has 1 aliphatic rings. The molecule has 1 unspecified atom stereocenters. The quantitative estimate of drug-likeness (QED) is 0.818. The highest BCUT2D eigenvalue weighted by atomic mass is 32.1. The highest BCUT2D eigenvalue weighted by molar-refractivity contribution is 7.15. The minimum absolute atomic E-state index is 0.332. The van der Waals surface area contributed by atoms with E-state index >= 15 is 0 Å². The van der Waals surface area contributed by atoms with Gasteiger partial charge in [-0.15, -0.1) is 11.3 Å². The molecular formula is C14H23N3O2S. The summed E-state index contributed by atoms with van der Waals surface area (Å²) >= 11 is 1.51. The van der Waals surface area contributed by atoms with Gasteiger partial charge in [0.25, 0.3) is 0 Å². The van der Waals surface area contributed by atoms with Crippen LogP contribution in [0.3, 0.4) is 0 Å². The summed E-state index contributed by atoms with van der Waals surface area (Å²) in [6.07, 6.45) is 2.60. The van der Waals surface area contributed by atoms with Crippen LogP contribution in [0.1, 0.15) is 42.1 Å². The van der Waals surface area contributed by atoms with Gasteiger partial charge in [-0.25, -0.2) is 9.78 Å². The molecule has 20 heavy (non-hydrogen) atoms. The topological polar surface area (TPSA) is 54.5 Å². The lowest BCUT2D eigenvalue weighted by Gasteiger charge is -2.23. The first-order chi connectivity index (χ1) is 9.61. The monoisotopic (exact) mass is 297 g/mol. The summed E-state index contributed by atoms with van der Waals surface area (Å²) in [5.74, 6) is -0.332. The zero-order valence-electron chi connectivity index (χ0n) is 12.4. The number of carbonyl (C=O) groups excluding carboxylic acids is 1. The maximum Gasteiger partial charge on any atom is 0.358 e. The fourth-order valence-electron chi connectivity index (χ4n) is 2.41. The van der Waals surface area contributed by atoms with Gasteiger partial charge in [0.2, 0.25) is 0 Å². The molecule has 0 radical (unpaired) electrons. The standard InChI is InChI=1S/C14H23N3O2S/c1-4-19-13(18)12-11(3)20-14(16-12)15-9-10(2)17-7-5-6-8-17/h10H,4-9H2,1-3H3,(H,15,16). The number of thiazole rings is 1. The minimum atomic E-state index is -0.332.